The fourth-order valence-electron chi connectivity index (χ4n) is 4.86. The van der Waals surface area contributed by atoms with Crippen LogP contribution in [-0.2, 0) is 16.1 Å². The van der Waals surface area contributed by atoms with Crippen LogP contribution in [0.5, 0.6) is 0 Å². The van der Waals surface area contributed by atoms with E-state index in [-0.39, 0.29) is 11.7 Å². The van der Waals surface area contributed by atoms with E-state index in [9.17, 15) is 9.59 Å². The van der Waals surface area contributed by atoms with Crippen LogP contribution in [0.4, 0.5) is 5.00 Å². The van der Waals surface area contributed by atoms with Crippen LogP contribution in [0.1, 0.15) is 31.9 Å². The zero-order chi connectivity index (χ0) is 30.7. The topological polar surface area (TPSA) is 86.1 Å². The van der Waals surface area contributed by atoms with Crippen molar-refractivity contribution in [1.82, 2.24) is 14.8 Å². The van der Waals surface area contributed by atoms with E-state index in [1.807, 2.05) is 42.0 Å². The van der Waals surface area contributed by atoms with Gasteiger partial charge >= 0.3 is 5.97 Å². The van der Waals surface area contributed by atoms with Crippen LogP contribution in [0, 0.1) is 27.7 Å². The molecule has 0 saturated heterocycles. The second-order valence-corrected chi connectivity index (χ2v) is 13.1. The molecule has 3 heterocycles. The number of nitrogens with zero attached hydrogens (tertiary/aromatic N) is 3. The van der Waals surface area contributed by atoms with Gasteiger partial charge in [-0.15, -0.1) is 39.4 Å². The molecule has 0 aliphatic carbocycles. The Morgan fingerprint density at radius 1 is 0.977 bits per heavy atom. The number of carbonyl (C=O) groups excluding carboxylic acids is 2. The van der Waals surface area contributed by atoms with Crippen molar-refractivity contribution in [3.63, 3.8) is 0 Å². The normalized spacial score (nSPS) is 11.0. The van der Waals surface area contributed by atoms with Crippen molar-refractivity contribution >= 4 is 51.3 Å². The third kappa shape index (κ3) is 6.36. The molecule has 5 rings (SSSR count). The molecule has 3 aromatic heterocycles. The number of anilines is 1. The third-order valence-electron chi connectivity index (χ3n) is 7.03. The summed E-state index contributed by atoms with van der Waals surface area (Å²) in [5.41, 5.74) is 8.60. The number of hydrogen-bond donors (Lipinski definition) is 1. The van der Waals surface area contributed by atoms with Crippen LogP contribution in [-0.4, -0.2) is 39.5 Å². The number of ether oxygens (including phenoxy) is 1. The number of aromatic nitrogens is 3. The van der Waals surface area contributed by atoms with E-state index in [2.05, 4.69) is 65.6 Å². The number of rotatable bonds is 10. The molecule has 0 aliphatic heterocycles. The maximum atomic E-state index is 13.2. The molecule has 0 spiro atoms. The molecular weight excluding hydrogens is 597 g/mol. The van der Waals surface area contributed by atoms with Gasteiger partial charge < -0.3 is 10.1 Å². The first-order valence-corrected chi connectivity index (χ1v) is 16.4. The molecular formula is C33H32N4O3S3. The first-order valence-electron chi connectivity index (χ1n) is 13.6. The van der Waals surface area contributed by atoms with Gasteiger partial charge in [-0.25, -0.2) is 4.79 Å². The smallest absolute Gasteiger partial charge is 0.341 e. The predicted molar refractivity (Wildman–Crippen MR) is 178 cm³/mol. The number of amides is 1. The molecule has 10 heteroatoms. The van der Waals surface area contributed by atoms with Gasteiger partial charge in [0.25, 0.3) is 0 Å². The Morgan fingerprint density at radius 3 is 2.42 bits per heavy atom. The number of methoxy groups -OCH3 is 1. The number of nitrogens with one attached hydrogen (secondary N) is 1. The molecule has 0 radical (unpaired) electrons. The Balaban J connectivity index is 1.39. The van der Waals surface area contributed by atoms with Crippen molar-refractivity contribution < 1.29 is 14.3 Å². The van der Waals surface area contributed by atoms with Crippen molar-refractivity contribution in [3.05, 3.63) is 93.0 Å². The van der Waals surface area contributed by atoms with Gasteiger partial charge in [0.2, 0.25) is 5.91 Å². The Morgan fingerprint density at radius 2 is 1.70 bits per heavy atom. The van der Waals surface area contributed by atoms with Gasteiger partial charge in [0.1, 0.15) is 10.6 Å². The monoisotopic (exact) mass is 628 g/mol. The molecule has 0 fully saturated rings. The van der Waals surface area contributed by atoms with Gasteiger partial charge in [-0.3, -0.25) is 9.36 Å². The van der Waals surface area contributed by atoms with E-state index in [4.69, 9.17) is 4.74 Å². The lowest BCUT2D eigenvalue weighted by Gasteiger charge is -2.11. The SMILES string of the molecule is C=CCn1c(SCC(=O)Nc2scc(-c3cc(C)ccc3C)c2C(=O)OC)nnc1-c1csc(C)c1-c1ccc(C)cc1. The Hall–Kier alpha value is -3.99. The van der Waals surface area contributed by atoms with Crippen LogP contribution in [0.15, 0.2) is 71.0 Å². The van der Waals surface area contributed by atoms with Crippen molar-refractivity contribution in [2.45, 2.75) is 39.4 Å². The molecule has 0 unspecified atom stereocenters. The summed E-state index contributed by atoms with van der Waals surface area (Å²) in [6, 6.07) is 14.6. The molecule has 0 saturated carbocycles. The minimum atomic E-state index is -0.495. The van der Waals surface area contributed by atoms with E-state index in [0.29, 0.717) is 22.3 Å². The van der Waals surface area contributed by atoms with Crippen LogP contribution < -0.4 is 5.32 Å². The molecule has 43 heavy (non-hydrogen) atoms. The number of allylic oxidation sites excluding steroid dienone is 1. The summed E-state index contributed by atoms with van der Waals surface area (Å²) in [6.07, 6.45) is 1.80. The van der Waals surface area contributed by atoms with Crippen LogP contribution in [0.25, 0.3) is 33.6 Å². The number of benzene rings is 2. The first-order chi connectivity index (χ1) is 20.7. The Kier molecular flexibility index (Phi) is 9.29. The average molecular weight is 629 g/mol. The van der Waals surface area contributed by atoms with Gasteiger partial charge in [-0.05, 0) is 44.4 Å². The second-order valence-electron chi connectivity index (χ2n) is 10.2. The van der Waals surface area contributed by atoms with Gasteiger partial charge in [0.05, 0.1) is 12.9 Å². The van der Waals surface area contributed by atoms with E-state index < -0.39 is 5.97 Å². The fourth-order valence-corrected chi connectivity index (χ4v) is 7.43. The number of carbonyl (C=O) groups is 2. The Bertz CT molecular complexity index is 1820. The molecule has 7 nitrogen and oxygen atoms in total. The number of hydrogen-bond acceptors (Lipinski definition) is 8. The highest BCUT2D eigenvalue weighted by molar-refractivity contribution is 7.99. The Labute approximate surface area is 263 Å². The highest BCUT2D eigenvalue weighted by Crippen LogP contribution is 2.40. The average Bonchev–Trinajstić information content (AvgIpc) is 3.70. The molecule has 1 amide bonds. The maximum Gasteiger partial charge on any atom is 0.341 e. The maximum absolute atomic E-state index is 13.2. The van der Waals surface area contributed by atoms with Crippen molar-refractivity contribution in [2.24, 2.45) is 0 Å². The largest absolute Gasteiger partial charge is 0.465 e. The van der Waals surface area contributed by atoms with Gasteiger partial charge in [0, 0.05) is 38.9 Å². The minimum Gasteiger partial charge on any atom is -0.465 e. The lowest BCUT2D eigenvalue weighted by Crippen LogP contribution is -2.16. The summed E-state index contributed by atoms with van der Waals surface area (Å²) in [5, 5.41) is 17.0. The highest BCUT2D eigenvalue weighted by atomic mass is 32.2. The third-order valence-corrected chi connectivity index (χ3v) is 9.81. The van der Waals surface area contributed by atoms with Crippen LogP contribution >= 0.6 is 34.4 Å². The number of thiophene rings is 2. The molecule has 0 bridgehead atoms. The zero-order valence-electron chi connectivity index (χ0n) is 24.7. The van der Waals surface area contributed by atoms with E-state index in [0.717, 1.165) is 44.8 Å². The molecule has 0 atom stereocenters. The summed E-state index contributed by atoms with van der Waals surface area (Å²) < 4.78 is 7.08. The summed E-state index contributed by atoms with van der Waals surface area (Å²) in [7, 11) is 1.34. The van der Waals surface area contributed by atoms with Crippen molar-refractivity contribution in [2.75, 3.05) is 18.2 Å². The van der Waals surface area contributed by atoms with Crippen molar-refractivity contribution in [3.8, 4) is 33.6 Å². The minimum absolute atomic E-state index is 0.0834. The summed E-state index contributed by atoms with van der Waals surface area (Å²) in [4.78, 5) is 27.2. The number of esters is 1. The van der Waals surface area contributed by atoms with E-state index >= 15 is 0 Å². The zero-order valence-corrected chi connectivity index (χ0v) is 27.1. The van der Waals surface area contributed by atoms with Crippen molar-refractivity contribution in [1.29, 1.82) is 0 Å². The van der Waals surface area contributed by atoms with Crippen LogP contribution in [0.2, 0.25) is 0 Å². The standard InChI is InChI=1S/C33H32N4O3S3/c1-7-14-37-30(26-17-41-22(5)28(26)23-12-9-19(2)10-13-23)35-36-33(37)43-18-27(38)34-31-29(32(39)40-6)25(16-42-31)24-15-20(3)8-11-21(24)4/h7-13,15-17H,1,14,18H2,2-6H3,(H,34,38). The van der Waals surface area contributed by atoms with Gasteiger partial charge in [-0.1, -0.05) is 71.4 Å². The van der Waals surface area contributed by atoms with Crippen LogP contribution in [0.3, 0.4) is 0 Å². The lowest BCUT2D eigenvalue weighted by atomic mass is 9.97. The van der Waals surface area contributed by atoms with E-state index in [1.165, 1.54) is 40.6 Å². The molecule has 1 N–H and O–H groups in total. The number of aryl methyl sites for hydroxylation is 4. The lowest BCUT2D eigenvalue weighted by molar-refractivity contribution is -0.113. The molecule has 0 aliphatic rings. The summed E-state index contributed by atoms with van der Waals surface area (Å²) >= 11 is 4.27. The molecule has 2 aromatic carbocycles. The van der Waals surface area contributed by atoms with E-state index in [1.54, 1.807) is 17.4 Å². The highest BCUT2D eigenvalue weighted by Gasteiger charge is 2.24. The quantitative estimate of drug-likeness (QED) is 0.0951. The molecule has 5 aromatic rings. The molecule has 220 valence electrons. The van der Waals surface area contributed by atoms with Gasteiger partial charge in [0.15, 0.2) is 11.0 Å². The fraction of sp³-hybridized carbons (Fsp3) is 0.212. The predicted octanol–water partition coefficient (Wildman–Crippen LogP) is 8.34. The second kappa shape index (κ2) is 13.1. The summed E-state index contributed by atoms with van der Waals surface area (Å²) in [6.45, 7) is 12.6. The van der Waals surface area contributed by atoms with Gasteiger partial charge in [-0.2, -0.15) is 0 Å². The first kappa shape index (κ1) is 30.5. The summed E-state index contributed by atoms with van der Waals surface area (Å²) in [5.74, 6) is 0.0593. The number of thioether (sulfide) groups is 1.